The van der Waals surface area contributed by atoms with Gasteiger partial charge in [0, 0.05) is 5.33 Å². The van der Waals surface area contributed by atoms with Gasteiger partial charge in [0.1, 0.15) is 4.88 Å². The van der Waals surface area contributed by atoms with Crippen LogP contribution in [0.15, 0.2) is 12.1 Å². The van der Waals surface area contributed by atoms with Gasteiger partial charge in [-0.2, -0.15) is 0 Å². The van der Waals surface area contributed by atoms with Crippen LogP contribution >= 0.6 is 43.2 Å². The zero-order valence-electron chi connectivity index (χ0n) is 8.54. The standard InChI is InChI=1S/C10H10Br2O3S/c1-2-15-10(14)8-4-3-7(16-8)9(13)6(12)5-11/h3-4,6H,2,5H2,1H3. The van der Waals surface area contributed by atoms with Gasteiger partial charge >= 0.3 is 5.97 Å². The van der Waals surface area contributed by atoms with Crippen LogP contribution in [0, 0.1) is 0 Å². The lowest BCUT2D eigenvalue weighted by atomic mass is 10.2. The number of ether oxygens (including phenoxy) is 1. The summed E-state index contributed by atoms with van der Waals surface area (Å²) >= 11 is 7.63. The smallest absolute Gasteiger partial charge is 0.348 e. The quantitative estimate of drug-likeness (QED) is 0.454. The molecule has 16 heavy (non-hydrogen) atoms. The molecule has 0 aliphatic carbocycles. The number of esters is 1. The van der Waals surface area contributed by atoms with Gasteiger partial charge in [0.25, 0.3) is 0 Å². The number of halogens is 2. The summed E-state index contributed by atoms with van der Waals surface area (Å²) in [5.41, 5.74) is 0. The maximum absolute atomic E-state index is 11.8. The molecular formula is C10H10Br2O3S. The Kier molecular flexibility index (Phi) is 5.64. The van der Waals surface area contributed by atoms with Gasteiger partial charge in [-0.25, -0.2) is 4.79 Å². The van der Waals surface area contributed by atoms with E-state index in [-0.39, 0.29) is 16.6 Å². The molecule has 88 valence electrons. The average molecular weight is 370 g/mol. The lowest BCUT2D eigenvalue weighted by Gasteiger charge is -2.01. The number of ketones is 1. The third-order valence-corrected chi connectivity index (χ3v) is 5.08. The predicted octanol–water partition coefficient (Wildman–Crippen LogP) is 3.27. The number of carbonyl (C=O) groups excluding carboxylic acids is 2. The van der Waals surface area contributed by atoms with E-state index >= 15 is 0 Å². The first-order valence-corrected chi connectivity index (χ1v) is 7.46. The van der Waals surface area contributed by atoms with Crippen LogP contribution in [-0.2, 0) is 4.74 Å². The largest absolute Gasteiger partial charge is 0.462 e. The van der Waals surface area contributed by atoms with Crippen molar-refractivity contribution in [3.05, 3.63) is 21.9 Å². The maximum Gasteiger partial charge on any atom is 0.348 e. The van der Waals surface area contributed by atoms with Gasteiger partial charge in [0.05, 0.1) is 16.3 Å². The maximum atomic E-state index is 11.8. The fourth-order valence-corrected chi connectivity index (χ4v) is 2.59. The van der Waals surface area contributed by atoms with Gasteiger partial charge in [-0.3, -0.25) is 4.79 Å². The average Bonchev–Trinajstić information content (AvgIpc) is 2.76. The van der Waals surface area contributed by atoms with Crippen LogP contribution in [0.1, 0.15) is 26.3 Å². The summed E-state index contributed by atoms with van der Waals surface area (Å²) in [5.74, 6) is -0.408. The topological polar surface area (TPSA) is 43.4 Å². The Labute approximate surface area is 114 Å². The first kappa shape index (κ1) is 13.9. The Balaban J connectivity index is 2.79. The molecule has 0 aliphatic heterocycles. The molecule has 6 heteroatoms. The Morgan fingerprint density at radius 1 is 1.44 bits per heavy atom. The molecule has 1 atom stereocenters. The number of Topliss-reactive ketones (excluding diaryl/α,β-unsaturated/α-hetero) is 1. The second-order valence-corrected chi connectivity index (χ2v) is 5.71. The number of rotatable bonds is 5. The number of hydrogen-bond donors (Lipinski definition) is 0. The Hall–Kier alpha value is -0.200. The minimum atomic E-state index is -0.378. The van der Waals surface area contributed by atoms with Crippen molar-refractivity contribution >= 4 is 54.9 Å². The summed E-state index contributed by atoms with van der Waals surface area (Å²) in [5, 5.41) is 0.540. The van der Waals surface area contributed by atoms with Crippen molar-refractivity contribution in [2.75, 3.05) is 11.9 Å². The highest BCUT2D eigenvalue weighted by Gasteiger charge is 2.19. The molecular weight excluding hydrogens is 360 g/mol. The predicted molar refractivity (Wildman–Crippen MR) is 71.1 cm³/mol. The van der Waals surface area contributed by atoms with Crippen LogP contribution in [0.5, 0.6) is 0 Å². The van der Waals surface area contributed by atoms with Crippen molar-refractivity contribution in [3.63, 3.8) is 0 Å². The number of thiophene rings is 1. The second-order valence-electron chi connectivity index (χ2n) is 2.87. The van der Waals surface area contributed by atoms with Crippen molar-refractivity contribution in [1.29, 1.82) is 0 Å². The highest BCUT2D eigenvalue weighted by Crippen LogP contribution is 2.21. The SMILES string of the molecule is CCOC(=O)c1ccc(C(=O)C(Br)CBr)s1. The second kappa shape index (κ2) is 6.51. The normalized spacial score (nSPS) is 12.2. The summed E-state index contributed by atoms with van der Waals surface area (Å²) in [4.78, 5) is 23.9. The van der Waals surface area contributed by atoms with E-state index in [1.54, 1.807) is 19.1 Å². The molecule has 0 radical (unpaired) electrons. The van der Waals surface area contributed by atoms with Crippen molar-refractivity contribution in [2.24, 2.45) is 0 Å². The van der Waals surface area contributed by atoms with Crippen LogP contribution in [0.25, 0.3) is 0 Å². The summed E-state index contributed by atoms with van der Waals surface area (Å²) in [7, 11) is 0. The van der Waals surface area contributed by atoms with E-state index in [9.17, 15) is 9.59 Å². The van der Waals surface area contributed by atoms with Gasteiger partial charge in [0.2, 0.25) is 0 Å². The van der Waals surface area contributed by atoms with Crippen molar-refractivity contribution in [3.8, 4) is 0 Å². The van der Waals surface area contributed by atoms with Crippen LogP contribution in [0.2, 0.25) is 0 Å². The van der Waals surface area contributed by atoms with Gasteiger partial charge in [-0.15, -0.1) is 11.3 Å². The molecule has 1 aromatic rings. The monoisotopic (exact) mass is 368 g/mol. The van der Waals surface area contributed by atoms with Gasteiger partial charge < -0.3 is 4.74 Å². The molecule has 1 unspecified atom stereocenters. The van der Waals surface area contributed by atoms with Gasteiger partial charge in [-0.05, 0) is 19.1 Å². The minimum absolute atomic E-state index is 0.0302. The highest BCUT2D eigenvalue weighted by atomic mass is 79.9. The van der Waals surface area contributed by atoms with Crippen LogP contribution in [0.4, 0.5) is 0 Å². The van der Waals surface area contributed by atoms with Crippen molar-refractivity contribution in [2.45, 2.75) is 11.8 Å². The Morgan fingerprint density at radius 2 is 2.06 bits per heavy atom. The summed E-state index contributed by atoms with van der Waals surface area (Å²) in [6.45, 7) is 2.08. The Morgan fingerprint density at radius 3 is 2.62 bits per heavy atom. The molecule has 1 rings (SSSR count). The lowest BCUT2D eigenvalue weighted by Crippen LogP contribution is -2.13. The van der Waals surface area contributed by atoms with E-state index in [1.165, 1.54) is 0 Å². The van der Waals surface area contributed by atoms with Crippen molar-refractivity contribution < 1.29 is 14.3 Å². The van der Waals surface area contributed by atoms with Gasteiger partial charge in [0.15, 0.2) is 5.78 Å². The summed E-state index contributed by atoms with van der Waals surface area (Å²) < 4.78 is 4.85. The Bertz CT molecular complexity index is 389. The number of carbonyl (C=O) groups is 2. The lowest BCUT2D eigenvalue weighted by molar-refractivity contribution is 0.0532. The molecule has 0 bridgehead atoms. The zero-order chi connectivity index (χ0) is 12.1. The highest BCUT2D eigenvalue weighted by molar-refractivity contribution is 9.12. The van der Waals surface area contributed by atoms with Gasteiger partial charge in [-0.1, -0.05) is 31.9 Å². The fraction of sp³-hybridized carbons (Fsp3) is 0.400. The summed E-state index contributed by atoms with van der Waals surface area (Å²) in [6.07, 6.45) is 0. The summed E-state index contributed by atoms with van der Waals surface area (Å²) in [6, 6.07) is 3.26. The molecule has 1 aromatic heterocycles. The molecule has 0 aliphatic rings. The molecule has 0 saturated carbocycles. The molecule has 0 aromatic carbocycles. The van der Waals surface area contributed by atoms with E-state index in [1.807, 2.05) is 0 Å². The van der Waals surface area contributed by atoms with E-state index in [2.05, 4.69) is 31.9 Å². The van der Waals surface area contributed by atoms with Crippen LogP contribution in [0.3, 0.4) is 0 Å². The first-order valence-electron chi connectivity index (χ1n) is 4.61. The molecule has 3 nitrogen and oxygen atoms in total. The third-order valence-electron chi connectivity index (χ3n) is 1.75. The van der Waals surface area contributed by atoms with Crippen LogP contribution in [-0.4, -0.2) is 28.5 Å². The van der Waals surface area contributed by atoms with Crippen molar-refractivity contribution in [1.82, 2.24) is 0 Å². The third kappa shape index (κ3) is 3.40. The molecule has 0 saturated heterocycles. The molecule has 0 spiro atoms. The first-order chi connectivity index (χ1) is 7.60. The minimum Gasteiger partial charge on any atom is -0.462 e. The molecule has 0 amide bonds. The van der Waals surface area contributed by atoms with Crippen LogP contribution < -0.4 is 0 Å². The van der Waals surface area contributed by atoms with E-state index in [0.29, 0.717) is 21.7 Å². The molecule has 0 N–H and O–H groups in total. The fourth-order valence-electron chi connectivity index (χ4n) is 1.01. The molecule has 0 fully saturated rings. The van der Waals surface area contributed by atoms with E-state index in [4.69, 9.17) is 4.74 Å². The number of alkyl halides is 2. The van der Waals surface area contributed by atoms with E-state index < -0.39 is 0 Å². The number of hydrogen-bond acceptors (Lipinski definition) is 4. The zero-order valence-corrected chi connectivity index (χ0v) is 12.5. The molecule has 1 heterocycles. The van der Waals surface area contributed by atoms with E-state index in [0.717, 1.165) is 11.3 Å².